The van der Waals surface area contributed by atoms with Gasteiger partial charge in [0, 0.05) is 5.56 Å². The van der Waals surface area contributed by atoms with Crippen molar-refractivity contribution in [3.63, 3.8) is 0 Å². The molecule has 0 fully saturated rings. The van der Waals surface area contributed by atoms with Gasteiger partial charge in [-0.2, -0.15) is 13.2 Å². The molecule has 0 radical (unpaired) electrons. The normalized spacial score (nSPS) is 12.4. The summed E-state index contributed by atoms with van der Waals surface area (Å²) in [7, 11) is 0.787. The summed E-state index contributed by atoms with van der Waals surface area (Å²) in [5.41, 5.74) is -3.89. The first-order chi connectivity index (χ1) is 8.07. The van der Waals surface area contributed by atoms with Crippen LogP contribution in [0.1, 0.15) is 15.9 Å². The quantitative estimate of drug-likeness (QED) is 0.469. The Morgan fingerprint density at radius 2 is 1.78 bits per heavy atom. The number of carbonyl (C=O) groups is 1. The molecule has 0 N–H and O–H groups in total. The predicted molar refractivity (Wildman–Crippen MR) is 51.5 cm³/mol. The number of carbonyl (C=O) groups excluding carboxylic acids is 1. The maximum Gasteiger partial charge on any atom is 0.510 e. The van der Waals surface area contributed by atoms with E-state index in [1.54, 1.807) is 0 Å². The lowest BCUT2D eigenvalue weighted by Gasteiger charge is -2.19. The summed E-state index contributed by atoms with van der Waals surface area (Å²) in [6, 6.07) is 0.641. The van der Waals surface area contributed by atoms with Crippen LogP contribution < -0.4 is 5.46 Å². The molecule has 100 valence electrons. The zero-order valence-corrected chi connectivity index (χ0v) is 8.89. The Morgan fingerprint density at radius 1 is 1.22 bits per heavy atom. The highest BCUT2D eigenvalue weighted by molar-refractivity contribution is 6.74. The molecule has 18 heavy (non-hydrogen) atoms. The summed E-state index contributed by atoms with van der Waals surface area (Å²) >= 11 is 0. The maximum atomic E-state index is 12.5. The molecule has 0 aliphatic carbocycles. The molecule has 1 aromatic carbocycles. The third-order valence-corrected chi connectivity index (χ3v) is 2.14. The van der Waals surface area contributed by atoms with Crippen LogP contribution in [-0.2, 0) is 10.9 Å². The minimum atomic E-state index is -5.60. The van der Waals surface area contributed by atoms with Gasteiger partial charge in [0.05, 0.1) is 12.7 Å². The molecule has 1 aromatic rings. The van der Waals surface area contributed by atoms with Crippen LogP contribution in [0.3, 0.4) is 0 Å². The first-order valence-electron chi connectivity index (χ1n) is 4.56. The predicted octanol–water partition coefficient (Wildman–Crippen LogP) is 2.55. The van der Waals surface area contributed by atoms with E-state index >= 15 is 0 Å². The third-order valence-electron chi connectivity index (χ3n) is 2.14. The van der Waals surface area contributed by atoms with Crippen LogP contribution >= 0.6 is 0 Å². The van der Waals surface area contributed by atoms with Gasteiger partial charge in [0.2, 0.25) is 0 Å². The van der Waals surface area contributed by atoms with Crippen molar-refractivity contribution in [1.82, 2.24) is 0 Å². The number of benzene rings is 1. The molecule has 0 aromatic heterocycles. The fourth-order valence-corrected chi connectivity index (χ4v) is 1.30. The molecule has 9 heteroatoms. The summed E-state index contributed by atoms with van der Waals surface area (Å²) in [5.74, 6) is -1.46. The number of hydrogen-bond acceptors (Lipinski definition) is 2. The van der Waals surface area contributed by atoms with Crippen molar-refractivity contribution in [3.8, 4) is 0 Å². The van der Waals surface area contributed by atoms with Gasteiger partial charge in [0.1, 0.15) is 0 Å². The van der Waals surface area contributed by atoms with Gasteiger partial charge in [-0.1, -0.05) is 17.6 Å². The lowest BCUT2D eigenvalue weighted by Crippen LogP contribution is -2.39. The van der Waals surface area contributed by atoms with E-state index in [4.69, 9.17) is 0 Å². The van der Waals surface area contributed by atoms with Crippen molar-refractivity contribution in [2.45, 2.75) is 6.18 Å². The van der Waals surface area contributed by atoms with E-state index in [9.17, 15) is 30.9 Å². The van der Waals surface area contributed by atoms with Crippen molar-refractivity contribution < 1.29 is 35.6 Å². The summed E-state index contributed by atoms with van der Waals surface area (Å²) in [6.07, 6.45) is -4.83. The number of rotatable bonds is 2. The standard InChI is InChI=1S/C9H6BF6O2/c1-18-8(17)6-4-5(9(11,12)13)2-3-7(6)10(14,15)16/h2-4H,1H3/q-1. The van der Waals surface area contributed by atoms with Gasteiger partial charge in [-0.05, 0) is 6.07 Å². The van der Waals surface area contributed by atoms with Gasteiger partial charge in [0.15, 0.2) is 0 Å². The molecule has 0 saturated heterocycles. The SMILES string of the molecule is COC(=O)c1cc(C(F)(F)F)ccc1[B-](F)(F)F. The molecular formula is C9H6BF6O2-. The fourth-order valence-electron chi connectivity index (χ4n) is 1.30. The molecule has 0 unspecified atom stereocenters. The number of hydrogen-bond donors (Lipinski definition) is 0. The summed E-state index contributed by atoms with van der Waals surface area (Å²) < 4.78 is 78.7. The van der Waals surface area contributed by atoms with Crippen LogP contribution in [0.4, 0.5) is 26.1 Å². The second kappa shape index (κ2) is 4.54. The highest BCUT2D eigenvalue weighted by atomic mass is 19.4. The molecule has 0 aliphatic heterocycles. The molecule has 0 heterocycles. The average molecular weight is 271 g/mol. The maximum absolute atomic E-state index is 12.5. The largest absolute Gasteiger partial charge is 0.510 e. The van der Waals surface area contributed by atoms with Gasteiger partial charge >= 0.3 is 19.1 Å². The lowest BCUT2D eigenvalue weighted by atomic mass is 9.76. The minimum absolute atomic E-state index is 0.135. The van der Waals surface area contributed by atoms with Crippen LogP contribution in [0.25, 0.3) is 0 Å². The first kappa shape index (κ1) is 14.4. The Bertz CT molecular complexity index is 465. The van der Waals surface area contributed by atoms with Crippen molar-refractivity contribution in [3.05, 3.63) is 29.3 Å². The molecule has 0 amide bonds. The van der Waals surface area contributed by atoms with Crippen LogP contribution in [0.15, 0.2) is 18.2 Å². The fraction of sp³-hybridized carbons (Fsp3) is 0.222. The molecule has 0 atom stereocenters. The second-order valence-electron chi connectivity index (χ2n) is 3.37. The first-order valence-corrected chi connectivity index (χ1v) is 4.56. The highest BCUT2D eigenvalue weighted by Crippen LogP contribution is 2.30. The van der Waals surface area contributed by atoms with E-state index in [2.05, 4.69) is 4.74 Å². The Balaban J connectivity index is 3.44. The summed E-state index contributed by atoms with van der Waals surface area (Å²) in [6.45, 7) is -5.60. The molecule has 2 nitrogen and oxygen atoms in total. The van der Waals surface area contributed by atoms with Crippen LogP contribution in [0.5, 0.6) is 0 Å². The topological polar surface area (TPSA) is 26.3 Å². The summed E-state index contributed by atoms with van der Waals surface area (Å²) in [5, 5.41) is 0. The van der Waals surface area contributed by atoms with E-state index in [0.717, 1.165) is 7.11 Å². The van der Waals surface area contributed by atoms with E-state index in [1.807, 2.05) is 0 Å². The van der Waals surface area contributed by atoms with E-state index < -0.39 is 35.7 Å². The third kappa shape index (κ3) is 2.96. The minimum Gasteiger partial charge on any atom is -0.465 e. The molecule has 0 spiro atoms. The van der Waals surface area contributed by atoms with E-state index in [1.165, 1.54) is 0 Å². The van der Waals surface area contributed by atoms with Crippen LogP contribution in [0.2, 0.25) is 0 Å². The van der Waals surface area contributed by atoms with Gasteiger partial charge in [-0.15, -0.1) is 0 Å². The van der Waals surface area contributed by atoms with Crippen molar-refractivity contribution in [1.29, 1.82) is 0 Å². The Morgan fingerprint density at radius 3 is 2.17 bits per heavy atom. The molecule has 1 rings (SSSR count). The number of halogens is 6. The number of esters is 1. The smallest absolute Gasteiger partial charge is 0.465 e. The zero-order valence-electron chi connectivity index (χ0n) is 8.89. The van der Waals surface area contributed by atoms with Crippen LogP contribution in [-0.4, -0.2) is 20.1 Å². The van der Waals surface area contributed by atoms with Gasteiger partial charge in [0.25, 0.3) is 0 Å². The number of alkyl halides is 3. The molecule has 0 bridgehead atoms. The zero-order chi connectivity index (χ0) is 14.1. The lowest BCUT2D eigenvalue weighted by molar-refractivity contribution is -0.137. The Labute approximate surface area is 97.6 Å². The van der Waals surface area contributed by atoms with Gasteiger partial charge < -0.3 is 17.7 Å². The van der Waals surface area contributed by atoms with Crippen molar-refractivity contribution in [2.75, 3.05) is 7.11 Å². The molecule has 0 aliphatic rings. The highest BCUT2D eigenvalue weighted by Gasteiger charge is 2.35. The van der Waals surface area contributed by atoms with E-state index in [0.29, 0.717) is 0 Å². The Hall–Kier alpha value is -1.67. The summed E-state index contributed by atoms with van der Waals surface area (Å²) in [4.78, 5) is 11.1. The average Bonchev–Trinajstić information content (AvgIpc) is 2.24. The molecular weight excluding hydrogens is 265 g/mol. The van der Waals surface area contributed by atoms with Crippen molar-refractivity contribution in [2.24, 2.45) is 0 Å². The van der Waals surface area contributed by atoms with Crippen LogP contribution in [0, 0.1) is 0 Å². The monoisotopic (exact) mass is 271 g/mol. The van der Waals surface area contributed by atoms with Crippen molar-refractivity contribution >= 4 is 18.4 Å². The number of ether oxygens (including phenoxy) is 1. The van der Waals surface area contributed by atoms with E-state index in [-0.39, 0.29) is 18.2 Å². The number of methoxy groups -OCH3 is 1. The molecule has 0 saturated carbocycles. The van der Waals surface area contributed by atoms with Gasteiger partial charge in [-0.3, -0.25) is 0 Å². The second-order valence-corrected chi connectivity index (χ2v) is 3.37. The van der Waals surface area contributed by atoms with Gasteiger partial charge in [-0.25, -0.2) is 4.79 Å². The Kier molecular flexibility index (Phi) is 3.63.